The summed E-state index contributed by atoms with van der Waals surface area (Å²) in [5.41, 5.74) is 5.71. The zero-order valence-electron chi connectivity index (χ0n) is 16.1. The Balaban J connectivity index is 1.27. The number of hydrogen-bond donors (Lipinski definition) is 2. The van der Waals surface area contributed by atoms with Crippen LogP contribution in [-0.2, 0) is 4.74 Å². The monoisotopic (exact) mass is 458 g/mol. The van der Waals surface area contributed by atoms with E-state index < -0.39 is 0 Å². The number of nitrogens with zero attached hydrogens (tertiary/aromatic N) is 2. The number of carbonyl (C=O) groups is 2. The molecule has 1 saturated heterocycles. The van der Waals surface area contributed by atoms with Gasteiger partial charge >= 0.3 is 0 Å². The summed E-state index contributed by atoms with van der Waals surface area (Å²) >= 11 is 4.42. The summed E-state index contributed by atoms with van der Waals surface area (Å²) in [6.07, 6.45) is 0. The molecule has 1 aliphatic heterocycles. The van der Waals surface area contributed by atoms with E-state index in [1.54, 1.807) is 18.3 Å². The SMILES string of the molecule is Cc1nc(N2CCOCC2)sc1C(=O)NNC(=O)c1cc2sc3ccccc3c2s1. The molecule has 30 heavy (non-hydrogen) atoms. The van der Waals surface area contributed by atoms with Crippen LogP contribution in [0, 0.1) is 6.92 Å². The Bertz CT molecular complexity index is 1250. The van der Waals surface area contributed by atoms with Crippen LogP contribution in [0.25, 0.3) is 19.5 Å². The summed E-state index contributed by atoms with van der Waals surface area (Å²) in [5, 5.41) is 1.96. The highest BCUT2D eigenvalue weighted by molar-refractivity contribution is 7.33. The molecule has 1 aliphatic rings. The minimum Gasteiger partial charge on any atom is -0.378 e. The first-order valence-corrected chi connectivity index (χ1v) is 11.9. The first-order valence-electron chi connectivity index (χ1n) is 9.42. The molecule has 10 heteroatoms. The lowest BCUT2D eigenvalue weighted by molar-refractivity contribution is 0.0850. The minimum atomic E-state index is -0.360. The number of hydrazine groups is 1. The maximum absolute atomic E-state index is 12.6. The minimum absolute atomic E-state index is 0.323. The number of amides is 2. The lowest BCUT2D eigenvalue weighted by Gasteiger charge is -2.25. The van der Waals surface area contributed by atoms with E-state index in [0.717, 1.165) is 33.0 Å². The Labute approximate surface area is 184 Å². The highest BCUT2D eigenvalue weighted by Gasteiger charge is 2.21. The van der Waals surface area contributed by atoms with Gasteiger partial charge in [-0.1, -0.05) is 29.5 Å². The van der Waals surface area contributed by atoms with Crippen LogP contribution in [0.2, 0.25) is 0 Å². The standard InChI is InChI=1S/C20H18N4O3S3/c1-11-16(30-20(21-11)24-6-8-27-9-7-24)19(26)23-22-18(25)15-10-14-17(29-15)12-4-2-3-5-13(12)28-14/h2-5,10H,6-9H2,1H3,(H,22,25)(H,23,26). The van der Waals surface area contributed by atoms with Gasteiger partial charge in [-0.05, 0) is 19.1 Å². The molecule has 0 bridgehead atoms. The smallest absolute Gasteiger partial charge is 0.281 e. The Morgan fingerprint density at radius 2 is 1.80 bits per heavy atom. The van der Waals surface area contributed by atoms with E-state index in [-0.39, 0.29) is 11.8 Å². The van der Waals surface area contributed by atoms with E-state index in [0.29, 0.717) is 28.7 Å². The van der Waals surface area contributed by atoms with Gasteiger partial charge in [0.15, 0.2) is 5.13 Å². The van der Waals surface area contributed by atoms with Crippen LogP contribution in [-0.4, -0.2) is 43.1 Å². The molecule has 0 radical (unpaired) electrons. The summed E-state index contributed by atoms with van der Waals surface area (Å²) in [6.45, 7) is 4.63. The van der Waals surface area contributed by atoms with Gasteiger partial charge in [0.05, 0.1) is 28.5 Å². The molecule has 7 nitrogen and oxygen atoms in total. The molecule has 2 amide bonds. The Morgan fingerprint density at radius 3 is 2.63 bits per heavy atom. The molecule has 2 N–H and O–H groups in total. The second kappa shape index (κ2) is 7.95. The van der Waals surface area contributed by atoms with Gasteiger partial charge in [0.2, 0.25) is 0 Å². The number of fused-ring (bicyclic) bond motifs is 3. The number of morpholine rings is 1. The third kappa shape index (κ3) is 3.56. The molecule has 0 aliphatic carbocycles. The first-order chi connectivity index (χ1) is 14.6. The maximum Gasteiger partial charge on any atom is 0.281 e. The Kier molecular flexibility index (Phi) is 5.15. The Hall–Kier alpha value is -2.53. The van der Waals surface area contributed by atoms with Crippen molar-refractivity contribution in [2.45, 2.75) is 6.92 Å². The van der Waals surface area contributed by atoms with Crippen molar-refractivity contribution in [3.63, 3.8) is 0 Å². The third-order valence-corrected chi connectivity index (χ3v) is 8.47. The van der Waals surface area contributed by atoms with Crippen LogP contribution in [0.5, 0.6) is 0 Å². The lowest BCUT2D eigenvalue weighted by atomic mass is 10.2. The van der Waals surface area contributed by atoms with E-state index in [1.165, 1.54) is 27.4 Å². The summed E-state index contributed by atoms with van der Waals surface area (Å²) in [7, 11) is 0. The fourth-order valence-corrected chi connectivity index (χ4v) is 6.76. The van der Waals surface area contributed by atoms with E-state index in [1.807, 2.05) is 18.2 Å². The predicted octanol–water partition coefficient (Wildman–Crippen LogP) is 3.79. The molecule has 5 rings (SSSR count). The average molecular weight is 459 g/mol. The van der Waals surface area contributed by atoms with Gasteiger partial charge in [-0.25, -0.2) is 4.98 Å². The van der Waals surface area contributed by atoms with E-state index in [4.69, 9.17) is 4.74 Å². The van der Waals surface area contributed by atoms with Crippen molar-refractivity contribution in [2.75, 3.05) is 31.2 Å². The Morgan fingerprint density at radius 1 is 1.03 bits per heavy atom. The molecule has 1 fully saturated rings. The summed E-state index contributed by atoms with van der Waals surface area (Å²) in [4.78, 5) is 32.9. The van der Waals surface area contributed by atoms with Crippen molar-refractivity contribution in [1.82, 2.24) is 15.8 Å². The molecule has 3 aromatic heterocycles. The number of rotatable bonds is 3. The van der Waals surface area contributed by atoms with Gasteiger partial charge in [-0.3, -0.25) is 20.4 Å². The van der Waals surface area contributed by atoms with Crippen LogP contribution in [0.3, 0.4) is 0 Å². The number of thiophene rings is 2. The number of carbonyl (C=O) groups excluding carboxylic acids is 2. The quantitative estimate of drug-likeness (QED) is 0.457. The highest BCUT2D eigenvalue weighted by Crippen LogP contribution is 2.39. The number of nitrogens with one attached hydrogen (secondary N) is 2. The normalized spacial score (nSPS) is 14.4. The van der Waals surface area contributed by atoms with Crippen LogP contribution in [0.4, 0.5) is 5.13 Å². The van der Waals surface area contributed by atoms with Crippen LogP contribution in [0.1, 0.15) is 25.0 Å². The molecular weight excluding hydrogens is 440 g/mol. The number of anilines is 1. The van der Waals surface area contributed by atoms with Crippen molar-refractivity contribution in [3.8, 4) is 0 Å². The number of benzene rings is 1. The zero-order valence-corrected chi connectivity index (χ0v) is 18.5. The van der Waals surface area contributed by atoms with E-state index >= 15 is 0 Å². The molecule has 0 atom stereocenters. The second-order valence-corrected chi connectivity index (χ2v) is 9.93. The predicted molar refractivity (Wildman–Crippen MR) is 122 cm³/mol. The average Bonchev–Trinajstić information content (AvgIpc) is 3.45. The summed E-state index contributed by atoms with van der Waals surface area (Å²) in [6, 6.07) is 10.0. The fourth-order valence-electron chi connectivity index (χ4n) is 3.33. The van der Waals surface area contributed by atoms with Crippen LogP contribution >= 0.6 is 34.0 Å². The van der Waals surface area contributed by atoms with Gasteiger partial charge < -0.3 is 9.64 Å². The van der Waals surface area contributed by atoms with Gasteiger partial charge in [-0.15, -0.1) is 22.7 Å². The number of aryl methyl sites for hydroxylation is 1. The van der Waals surface area contributed by atoms with Crippen molar-refractivity contribution in [1.29, 1.82) is 0 Å². The lowest BCUT2D eigenvalue weighted by Crippen LogP contribution is -2.41. The molecule has 4 aromatic rings. The molecule has 0 saturated carbocycles. The molecular formula is C20H18N4O3S3. The third-order valence-electron chi connectivity index (χ3n) is 4.84. The van der Waals surface area contributed by atoms with Crippen molar-refractivity contribution in [2.24, 2.45) is 0 Å². The van der Waals surface area contributed by atoms with Crippen molar-refractivity contribution >= 4 is 70.4 Å². The van der Waals surface area contributed by atoms with E-state index in [9.17, 15) is 9.59 Å². The summed E-state index contributed by atoms with van der Waals surface area (Å²) in [5.74, 6) is -0.682. The summed E-state index contributed by atoms with van der Waals surface area (Å²) < 4.78 is 8.74. The molecule has 154 valence electrons. The van der Waals surface area contributed by atoms with Gasteiger partial charge in [0.25, 0.3) is 11.8 Å². The topological polar surface area (TPSA) is 83.6 Å². The number of thiazole rings is 1. The van der Waals surface area contributed by atoms with Crippen molar-refractivity contribution in [3.05, 3.63) is 45.8 Å². The van der Waals surface area contributed by atoms with Gasteiger partial charge in [0.1, 0.15) is 4.88 Å². The molecule has 0 unspecified atom stereocenters. The largest absolute Gasteiger partial charge is 0.378 e. The van der Waals surface area contributed by atoms with E-state index in [2.05, 4.69) is 32.9 Å². The van der Waals surface area contributed by atoms with Gasteiger partial charge in [-0.2, -0.15) is 0 Å². The second-order valence-electron chi connectivity index (χ2n) is 6.82. The maximum atomic E-state index is 12.6. The van der Waals surface area contributed by atoms with Gasteiger partial charge in [0, 0.05) is 27.9 Å². The fraction of sp³-hybridized carbons (Fsp3) is 0.250. The van der Waals surface area contributed by atoms with Crippen LogP contribution < -0.4 is 15.8 Å². The number of hydrogen-bond acceptors (Lipinski definition) is 8. The van der Waals surface area contributed by atoms with Crippen molar-refractivity contribution < 1.29 is 14.3 Å². The molecule has 4 heterocycles. The molecule has 1 aromatic carbocycles. The number of ether oxygens (including phenoxy) is 1. The van der Waals surface area contributed by atoms with Crippen LogP contribution in [0.15, 0.2) is 30.3 Å². The number of aromatic nitrogens is 1. The molecule has 0 spiro atoms. The zero-order chi connectivity index (χ0) is 20.7. The highest BCUT2D eigenvalue weighted by atomic mass is 32.1. The first kappa shape index (κ1) is 19.4.